The third kappa shape index (κ3) is 5.00. The zero-order valence-corrected chi connectivity index (χ0v) is 14.9. The van der Waals surface area contributed by atoms with Gasteiger partial charge in [-0.15, -0.1) is 13.2 Å². The fraction of sp³-hybridized carbons (Fsp3) is 0.273. The van der Waals surface area contributed by atoms with Gasteiger partial charge in [-0.2, -0.15) is 0 Å². The highest BCUT2D eigenvalue weighted by Crippen LogP contribution is 2.31. The van der Waals surface area contributed by atoms with E-state index < -0.39 is 17.9 Å². The molecule has 0 atom stereocenters. The van der Waals surface area contributed by atoms with E-state index in [1.165, 1.54) is 24.5 Å². The molecule has 0 spiro atoms. The lowest BCUT2D eigenvalue weighted by Gasteiger charge is -2.11. The number of benzene rings is 3. The molecule has 142 valence electrons. The fourth-order valence-electron chi connectivity index (χ4n) is 3.10. The summed E-state index contributed by atoms with van der Waals surface area (Å²) in [4.78, 5) is 0. The van der Waals surface area contributed by atoms with Gasteiger partial charge in [-0.3, -0.25) is 0 Å². The maximum atomic E-state index is 14.0. The number of hydrogen-bond acceptors (Lipinski definition) is 1. The van der Waals surface area contributed by atoms with E-state index in [0.717, 1.165) is 41.3 Å². The van der Waals surface area contributed by atoms with Crippen LogP contribution in [0.3, 0.4) is 0 Å². The molecule has 0 aliphatic heterocycles. The largest absolute Gasteiger partial charge is 0.573 e. The quantitative estimate of drug-likeness (QED) is 0.324. The third-order valence-corrected chi connectivity index (χ3v) is 4.46. The molecule has 1 nitrogen and oxygen atoms in total. The van der Waals surface area contributed by atoms with E-state index in [1.807, 2.05) is 24.3 Å². The van der Waals surface area contributed by atoms with Crippen LogP contribution in [0, 0.1) is 5.82 Å². The van der Waals surface area contributed by atoms with E-state index in [0.29, 0.717) is 5.56 Å². The number of rotatable bonds is 6. The van der Waals surface area contributed by atoms with Gasteiger partial charge >= 0.3 is 6.36 Å². The van der Waals surface area contributed by atoms with Crippen molar-refractivity contribution in [3.63, 3.8) is 0 Å². The molecule has 3 rings (SSSR count). The normalized spacial score (nSPS) is 11.7. The summed E-state index contributed by atoms with van der Waals surface area (Å²) < 4.78 is 54.4. The van der Waals surface area contributed by atoms with Crippen molar-refractivity contribution in [2.75, 3.05) is 0 Å². The van der Waals surface area contributed by atoms with E-state index in [4.69, 9.17) is 0 Å². The summed E-state index contributed by atoms with van der Waals surface area (Å²) in [5.41, 5.74) is 2.51. The molecular weight excluding hydrogens is 356 g/mol. The van der Waals surface area contributed by atoms with Crippen LogP contribution in [0.15, 0.2) is 54.6 Å². The number of halogens is 4. The van der Waals surface area contributed by atoms with E-state index in [9.17, 15) is 17.6 Å². The first-order chi connectivity index (χ1) is 12.9. The highest BCUT2D eigenvalue weighted by Gasteiger charge is 2.32. The molecule has 0 bridgehead atoms. The average Bonchev–Trinajstić information content (AvgIpc) is 2.62. The van der Waals surface area contributed by atoms with Crippen LogP contribution in [-0.4, -0.2) is 6.36 Å². The third-order valence-electron chi connectivity index (χ3n) is 4.46. The Labute approximate surface area is 155 Å². The van der Waals surface area contributed by atoms with Crippen LogP contribution in [0.1, 0.15) is 31.7 Å². The second-order valence-corrected chi connectivity index (χ2v) is 6.55. The van der Waals surface area contributed by atoms with Gasteiger partial charge in [0.2, 0.25) is 0 Å². The van der Waals surface area contributed by atoms with Crippen LogP contribution >= 0.6 is 0 Å². The molecule has 0 fully saturated rings. The Kier molecular flexibility index (Phi) is 5.68. The maximum absolute atomic E-state index is 14.0. The van der Waals surface area contributed by atoms with Gasteiger partial charge in [-0.25, -0.2) is 4.39 Å². The van der Waals surface area contributed by atoms with Crippen molar-refractivity contribution >= 4 is 10.8 Å². The summed E-state index contributed by atoms with van der Waals surface area (Å²) in [6, 6.07) is 15.4. The van der Waals surface area contributed by atoms with Gasteiger partial charge in [0, 0.05) is 0 Å². The Morgan fingerprint density at radius 1 is 0.815 bits per heavy atom. The molecule has 27 heavy (non-hydrogen) atoms. The molecule has 0 radical (unpaired) electrons. The summed E-state index contributed by atoms with van der Waals surface area (Å²) in [7, 11) is 0. The average molecular weight is 376 g/mol. The molecule has 3 aromatic rings. The van der Waals surface area contributed by atoms with E-state index in [2.05, 4.69) is 23.8 Å². The summed E-state index contributed by atoms with van der Waals surface area (Å²) >= 11 is 0. The van der Waals surface area contributed by atoms with Crippen LogP contribution < -0.4 is 4.74 Å². The lowest BCUT2D eigenvalue weighted by molar-refractivity contribution is -0.275. The van der Waals surface area contributed by atoms with Crippen LogP contribution in [0.4, 0.5) is 17.6 Å². The standard InChI is InChI=1S/C22H20F4O/c1-2-3-4-5-15-6-7-17-13-18(9-8-16(17)12-15)19-10-11-21(20(23)14-19)27-22(24,25)26/h6-14H,2-5H2,1H3. The smallest absolute Gasteiger partial charge is 0.403 e. The summed E-state index contributed by atoms with van der Waals surface area (Å²) in [6.07, 6.45) is -0.333. The molecule has 3 aromatic carbocycles. The Bertz CT molecular complexity index is 931. The van der Waals surface area contributed by atoms with Crippen molar-refractivity contribution < 1.29 is 22.3 Å². The van der Waals surface area contributed by atoms with Gasteiger partial charge in [0.1, 0.15) is 0 Å². The zero-order valence-electron chi connectivity index (χ0n) is 14.9. The van der Waals surface area contributed by atoms with E-state index >= 15 is 0 Å². The minimum atomic E-state index is -4.92. The summed E-state index contributed by atoms with van der Waals surface area (Å²) in [5.74, 6) is -1.88. The lowest BCUT2D eigenvalue weighted by atomic mass is 9.98. The number of alkyl halides is 3. The molecule has 0 aliphatic carbocycles. The molecule has 0 unspecified atom stereocenters. The summed E-state index contributed by atoms with van der Waals surface area (Å²) in [6.45, 7) is 2.17. The van der Waals surface area contributed by atoms with Crippen LogP contribution in [-0.2, 0) is 6.42 Å². The molecule has 0 saturated heterocycles. The van der Waals surface area contributed by atoms with Crippen LogP contribution in [0.25, 0.3) is 21.9 Å². The molecule has 0 saturated carbocycles. The minimum absolute atomic E-state index is 0.496. The first kappa shape index (κ1) is 19.2. The maximum Gasteiger partial charge on any atom is 0.573 e. The Balaban J connectivity index is 1.84. The van der Waals surface area contributed by atoms with Crippen LogP contribution in [0.5, 0.6) is 5.75 Å². The topological polar surface area (TPSA) is 9.23 Å². The van der Waals surface area contributed by atoms with Crippen molar-refractivity contribution in [2.45, 2.75) is 39.0 Å². The molecule has 0 aliphatic rings. The molecule has 0 aromatic heterocycles. The molecule has 5 heteroatoms. The number of fused-ring (bicyclic) bond motifs is 1. The minimum Gasteiger partial charge on any atom is -0.403 e. The predicted molar refractivity (Wildman–Crippen MR) is 99.3 cm³/mol. The second kappa shape index (κ2) is 7.99. The first-order valence-electron chi connectivity index (χ1n) is 8.94. The molecule has 0 heterocycles. The fourth-order valence-corrected chi connectivity index (χ4v) is 3.10. The van der Waals surface area contributed by atoms with Gasteiger partial charge in [0.25, 0.3) is 0 Å². The lowest BCUT2D eigenvalue weighted by Crippen LogP contribution is -2.17. The Morgan fingerprint density at radius 2 is 1.48 bits per heavy atom. The molecular formula is C22H20F4O. The van der Waals surface area contributed by atoms with E-state index in [-0.39, 0.29) is 0 Å². The highest BCUT2D eigenvalue weighted by molar-refractivity contribution is 5.88. The Morgan fingerprint density at radius 3 is 2.19 bits per heavy atom. The predicted octanol–water partition coefficient (Wildman–Crippen LogP) is 7.28. The monoisotopic (exact) mass is 376 g/mol. The number of hydrogen-bond donors (Lipinski definition) is 0. The van der Waals surface area contributed by atoms with Gasteiger partial charge in [-0.1, -0.05) is 56.2 Å². The number of ether oxygens (including phenoxy) is 1. The van der Waals surface area contributed by atoms with Crippen molar-refractivity contribution in [3.05, 3.63) is 66.0 Å². The SMILES string of the molecule is CCCCCc1ccc2cc(-c3ccc(OC(F)(F)F)c(F)c3)ccc2c1. The summed E-state index contributed by atoms with van der Waals surface area (Å²) in [5, 5.41) is 2.09. The zero-order chi connectivity index (χ0) is 19.4. The van der Waals surface area contributed by atoms with Gasteiger partial charge < -0.3 is 4.74 Å². The van der Waals surface area contributed by atoms with Gasteiger partial charge in [-0.05, 0) is 58.5 Å². The van der Waals surface area contributed by atoms with Crippen molar-refractivity contribution in [3.8, 4) is 16.9 Å². The number of aryl methyl sites for hydroxylation is 1. The van der Waals surface area contributed by atoms with Gasteiger partial charge in [0.05, 0.1) is 0 Å². The first-order valence-corrected chi connectivity index (χ1v) is 8.94. The van der Waals surface area contributed by atoms with Crippen molar-refractivity contribution in [2.24, 2.45) is 0 Å². The van der Waals surface area contributed by atoms with Gasteiger partial charge in [0.15, 0.2) is 11.6 Å². The molecule has 0 amide bonds. The molecule has 0 N–H and O–H groups in total. The second-order valence-electron chi connectivity index (χ2n) is 6.55. The van der Waals surface area contributed by atoms with Crippen LogP contribution in [0.2, 0.25) is 0 Å². The van der Waals surface area contributed by atoms with Crippen molar-refractivity contribution in [1.82, 2.24) is 0 Å². The number of unbranched alkanes of at least 4 members (excludes halogenated alkanes) is 2. The van der Waals surface area contributed by atoms with E-state index in [1.54, 1.807) is 0 Å². The van der Waals surface area contributed by atoms with Crippen molar-refractivity contribution in [1.29, 1.82) is 0 Å². The Hall–Kier alpha value is -2.56. The highest BCUT2D eigenvalue weighted by atomic mass is 19.4.